The number of hydrogen-bond donors (Lipinski definition) is 0. The highest BCUT2D eigenvalue weighted by molar-refractivity contribution is 6.31. The molecular formula is C20H22ClFN2O2. The largest absolute Gasteiger partial charge is 0.485 e. The fraction of sp³-hybridized carbons (Fsp3) is 0.350. The van der Waals surface area contributed by atoms with E-state index in [1.165, 1.54) is 12.1 Å². The van der Waals surface area contributed by atoms with Crippen molar-refractivity contribution in [2.45, 2.75) is 19.4 Å². The maximum Gasteiger partial charge on any atom is 0.227 e. The number of likely N-dealkylation sites (N-methyl/N-ethyl adjacent to an activating group) is 2. The molecule has 0 saturated heterocycles. The van der Waals surface area contributed by atoms with Gasteiger partial charge in [-0.05, 0) is 31.2 Å². The molecule has 6 heteroatoms. The van der Waals surface area contributed by atoms with Crippen molar-refractivity contribution in [1.29, 1.82) is 0 Å². The van der Waals surface area contributed by atoms with Gasteiger partial charge < -0.3 is 14.5 Å². The van der Waals surface area contributed by atoms with Crippen LogP contribution in [0, 0.1) is 5.82 Å². The molecule has 0 aliphatic carbocycles. The minimum atomic E-state index is -0.459. The van der Waals surface area contributed by atoms with Crippen molar-refractivity contribution in [2.24, 2.45) is 0 Å². The minimum absolute atomic E-state index is 0.0667. The van der Waals surface area contributed by atoms with E-state index in [9.17, 15) is 9.18 Å². The van der Waals surface area contributed by atoms with Crippen LogP contribution in [0.2, 0.25) is 5.02 Å². The summed E-state index contributed by atoms with van der Waals surface area (Å²) in [6.45, 7) is 4.08. The van der Waals surface area contributed by atoms with Crippen LogP contribution in [0.15, 0.2) is 42.5 Å². The van der Waals surface area contributed by atoms with E-state index in [-0.39, 0.29) is 29.0 Å². The van der Waals surface area contributed by atoms with E-state index >= 15 is 0 Å². The summed E-state index contributed by atoms with van der Waals surface area (Å²) < 4.78 is 20.0. The summed E-state index contributed by atoms with van der Waals surface area (Å²) in [6.07, 6.45) is -0.210. The van der Waals surface area contributed by atoms with E-state index in [4.69, 9.17) is 16.3 Å². The first-order chi connectivity index (χ1) is 12.5. The number of carbonyl (C=O) groups is 1. The molecule has 1 atom stereocenters. The lowest BCUT2D eigenvalue weighted by Gasteiger charge is -2.37. The van der Waals surface area contributed by atoms with Crippen molar-refractivity contribution in [3.63, 3.8) is 0 Å². The lowest BCUT2D eigenvalue weighted by molar-refractivity contribution is -0.130. The Kier molecular flexibility index (Phi) is 5.67. The van der Waals surface area contributed by atoms with Crippen molar-refractivity contribution >= 4 is 23.2 Å². The molecule has 3 rings (SSSR count). The van der Waals surface area contributed by atoms with Gasteiger partial charge in [0.25, 0.3) is 0 Å². The number of hydrogen-bond acceptors (Lipinski definition) is 3. The van der Waals surface area contributed by atoms with Crippen molar-refractivity contribution in [3.05, 3.63) is 58.9 Å². The van der Waals surface area contributed by atoms with Crippen LogP contribution in [0.1, 0.15) is 12.5 Å². The van der Waals surface area contributed by atoms with E-state index in [0.717, 1.165) is 18.0 Å². The Balaban J connectivity index is 1.66. The molecule has 1 heterocycles. The van der Waals surface area contributed by atoms with Crippen molar-refractivity contribution in [1.82, 2.24) is 4.90 Å². The molecule has 0 aromatic heterocycles. The zero-order valence-electron chi connectivity index (χ0n) is 14.9. The van der Waals surface area contributed by atoms with Gasteiger partial charge in [-0.2, -0.15) is 0 Å². The number of halogens is 2. The second kappa shape index (κ2) is 7.96. The normalized spacial score (nSPS) is 16.0. The van der Waals surface area contributed by atoms with E-state index in [0.29, 0.717) is 13.1 Å². The van der Waals surface area contributed by atoms with Crippen LogP contribution >= 0.6 is 11.6 Å². The van der Waals surface area contributed by atoms with Gasteiger partial charge in [0.1, 0.15) is 17.7 Å². The molecule has 0 N–H and O–H groups in total. The summed E-state index contributed by atoms with van der Waals surface area (Å²) in [7, 11) is 1.71. The second-order valence-corrected chi connectivity index (χ2v) is 6.80. The molecule has 0 bridgehead atoms. The third-order valence-corrected chi connectivity index (χ3v) is 4.95. The highest BCUT2D eigenvalue weighted by atomic mass is 35.5. The lowest BCUT2D eigenvalue weighted by atomic mass is 10.1. The standard InChI is InChI=1S/C20H22ClFN2O2/c1-3-24-13-14(26-19-10-5-4-9-18(19)24)12-23(2)20(25)11-15-16(21)7-6-8-17(15)22/h4-10,14H,3,11-13H2,1-2H3/t14-/m0/s1. The van der Waals surface area contributed by atoms with Crippen molar-refractivity contribution in [2.75, 3.05) is 31.6 Å². The fourth-order valence-electron chi connectivity index (χ4n) is 3.17. The number of fused-ring (bicyclic) bond motifs is 1. The molecular weight excluding hydrogens is 355 g/mol. The zero-order valence-corrected chi connectivity index (χ0v) is 15.7. The molecule has 0 unspecified atom stereocenters. The summed E-state index contributed by atoms with van der Waals surface area (Å²) in [6, 6.07) is 12.3. The van der Waals surface area contributed by atoms with Crippen LogP contribution < -0.4 is 9.64 Å². The van der Waals surface area contributed by atoms with Gasteiger partial charge in [-0.15, -0.1) is 0 Å². The molecule has 2 aromatic rings. The summed E-state index contributed by atoms with van der Waals surface area (Å²) in [5.74, 6) is 0.172. The molecule has 0 spiro atoms. The Morgan fingerprint density at radius 3 is 2.81 bits per heavy atom. The predicted octanol–water partition coefficient (Wildman–Crippen LogP) is 3.77. The molecule has 138 valence electrons. The number of benzene rings is 2. The van der Waals surface area contributed by atoms with Gasteiger partial charge in [-0.3, -0.25) is 4.79 Å². The van der Waals surface area contributed by atoms with Gasteiger partial charge in [0.2, 0.25) is 5.91 Å². The Labute approximate surface area is 158 Å². The fourth-order valence-corrected chi connectivity index (χ4v) is 3.40. The highest BCUT2D eigenvalue weighted by Crippen LogP contribution is 2.33. The topological polar surface area (TPSA) is 32.8 Å². The van der Waals surface area contributed by atoms with Gasteiger partial charge in [-0.1, -0.05) is 29.8 Å². The molecule has 1 aliphatic heterocycles. The number of anilines is 1. The van der Waals surface area contributed by atoms with Crippen molar-refractivity contribution < 1.29 is 13.9 Å². The average molecular weight is 377 g/mol. The zero-order chi connectivity index (χ0) is 18.7. The van der Waals surface area contributed by atoms with E-state index in [2.05, 4.69) is 11.8 Å². The van der Waals surface area contributed by atoms with Crippen LogP contribution in [0.25, 0.3) is 0 Å². The number of rotatable bonds is 5. The quantitative estimate of drug-likeness (QED) is 0.796. The lowest BCUT2D eigenvalue weighted by Crippen LogP contribution is -2.47. The minimum Gasteiger partial charge on any atom is -0.485 e. The second-order valence-electron chi connectivity index (χ2n) is 6.40. The van der Waals surface area contributed by atoms with E-state index in [1.807, 2.05) is 24.3 Å². The molecule has 2 aromatic carbocycles. The average Bonchev–Trinajstić information content (AvgIpc) is 2.64. The smallest absolute Gasteiger partial charge is 0.227 e. The summed E-state index contributed by atoms with van der Waals surface area (Å²) >= 11 is 6.02. The molecule has 26 heavy (non-hydrogen) atoms. The number of carbonyl (C=O) groups excluding carboxylic acids is 1. The first-order valence-corrected chi connectivity index (χ1v) is 9.05. The van der Waals surface area contributed by atoms with Crippen LogP contribution in [-0.4, -0.2) is 43.6 Å². The van der Waals surface area contributed by atoms with Crippen LogP contribution in [0.3, 0.4) is 0 Å². The molecule has 1 aliphatic rings. The summed E-state index contributed by atoms with van der Waals surface area (Å²) in [5, 5.41) is 0.270. The highest BCUT2D eigenvalue weighted by Gasteiger charge is 2.27. The maximum atomic E-state index is 13.9. The Morgan fingerprint density at radius 2 is 2.08 bits per heavy atom. The first-order valence-electron chi connectivity index (χ1n) is 8.67. The SMILES string of the molecule is CCN1C[C@H](CN(C)C(=O)Cc2c(F)cccc2Cl)Oc2ccccc21. The van der Waals surface area contributed by atoms with Gasteiger partial charge in [0.15, 0.2) is 0 Å². The van der Waals surface area contributed by atoms with Crippen LogP contribution in [0.5, 0.6) is 5.75 Å². The van der Waals surface area contributed by atoms with Gasteiger partial charge >= 0.3 is 0 Å². The third kappa shape index (κ3) is 3.93. The van der Waals surface area contributed by atoms with Crippen molar-refractivity contribution in [3.8, 4) is 5.75 Å². The molecule has 4 nitrogen and oxygen atoms in total. The molecule has 0 radical (unpaired) electrons. The van der Waals surface area contributed by atoms with E-state index in [1.54, 1.807) is 18.0 Å². The molecule has 0 saturated carbocycles. The predicted molar refractivity (Wildman–Crippen MR) is 101 cm³/mol. The Bertz CT molecular complexity index is 779. The van der Waals surface area contributed by atoms with Gasteiger partial charge in [0.05, 0.1) is 25.2 Å². The Hall–Kier alpha value is -2.27. The summed E-state index contributed by atoms with van der Waals surface area (Å²) in [5.41, 5.74) is 1.30. The third-order valence-electron chi connectivity index (χ3n) is 4.60. The van der Waals surface area contributed by atoms with E-state index < -0.39 is 5.82 Å². The maximum absolute atomic E-state index is 13.9. The van der Waals surface area contributed by atoms with Gasteiger partial charge in [-0.25, -0.2) is 4.39 Å². The first kappa shape index (κ1) is 18.5. The van der Waals surface area contributed by atoms with Gasteiger partial charge in [0, 0.05) is 24.2 Å². The monoisotopic (exact) mass is 376 g/mol. The number of para-hydroxylation sites is 2. The molecule has 0 fully saturated rings. The Morgan fingerprint density at radius 1 is 1.31 bits per heavy atom. The van der Waals surface area contributed by atoms with Crippen LogP contribution in [-0.2, 0) is 11.2 Å². The number of ether oxygens (including phenoxy) is 1. The number of amides is 1. The summed E-state index contributed by atoms with van der Waals surface area (Å²) in [4.78, 5) is 16.3. The number of nitrogens with zero attached hydrogens (tertiary/aromatic N) is 2. The van der Waals surface area contributed by atoms with Crippen LogP contribution in [0.4, 0.5) is 10.1 Å². The molecule has 1 amide bonds.